The first-order valence-corrected chi connectivity index (χ1v) is 7.03. The first kappa shape index (κ1) is 14.2. The van der Waals surface area contributed by atoms with Gasteiger partial charge in [-0.25, -0.2) is 0 Å². The third-order valence-corrected chi connectivity index (χ3v) is 3.83. The number of para-hydroxylation sites is 1. The molecule has 3 rings (SSSR count). The normalized spacial score (nSPS) is 10.8. The number of hydrogen-bond donors (Lipinski definition) is 1. The van der Waals surface area contributed by atoms with Gasteiger partial charge in [0.2, 0.25) is 0 Å². The van der Waals surface area contributed by atoms with E-state index in [1.165, 1.54) is 13.2 Å². The van der Waals surface area contributed by atoms with Crippen LogP contribution in [-0.4, -0.2) is 22.6 Å². The average molecular weight is 295 g/mol. The van der Waals surface area contributed by atoms with Crippen LogP contribution in [0.2, 0.25) is 0 Å². The topological polar surface area (TPSA) is 51.5 Å². The van der Waals surface area contributed by atoms with Gasteiger partial charge in [0.25, 0.3) is 0 Å². The summed E-state index contributed by atoms with van der Waals surface area (Å²) >= 11 is 0. The molecule has 0 aliphatic carbocycles. The van der Waals surface area contributed by atoms with Crippen LogP contribution in [0.15, 0.2) is 48.7 Å². The van der Waals surface area contributed by atoms with Crippen LogP contribution < -0.4 is 4.74 Å². The molecule has 0 saturated carbocycles. The third-order valence-electron chi connectivity index (χ3n) is 3.83. The van der Waals surface area contributed by atoms with Gasteiger partial charge in [0.1, 0.15) is 0 Å². The number of methoxy groups -OCH3 is 1. The van der Waals surface area contributed by atoms with E-state index in [1.807, 2.05) is 42.1 Å². The molecule has 2 aromatic carbocycles. The molecule has 0 aliphatic heterocycles. The number of phenolic OH excluding ortho intramolecular Hbond substituents is 1. The van der Waals surface area contributed by atoms with Crippen LogP contribution in [0.25, 0.3) is 10.9 Å². The largest absolute Gasteiger partial charge is 0.504 e. The monoisotopic (exact) mass is 295 g/mol. The second kappa shape index (κ2) is 5.56. The quantitative estimate of drug-likeness (QED) is 0.751. The minimum Gasteiger partial charge on any atom is -0.504 e. The maximum absolute atomic E-state index is 12.5. The van der Waals surface area contributed by atoms with E-state index in [4.69, 9.17) is 4.74 Å². The number of Topliss-reactive ketones (excluding diaryl/α,β-unsaturated/α-hetero) is 1. The van der Waals surface area contributed by atoms with Crippen LogP contribution in [0.4, 0.5) is 0 Å². The number of hydrogen-bond acceptors (Lipinski definition) is 3. The molecule has 112 valence electrons. The molecule has 0 spiro atoms. The number of rotatable bonds is 4. The van der Waals surface area contributed by atoms with E-state index in [1.54, 1.807) is 12.1 Å². The van der Waals surface area contributed by atoms with Gasteiger partial charge >= 0.3 is 0 Å². The van der Waals surface area contributed by atoms with Crippen molar-refractivity contribution in [3.05, 3.63) is 59.8 Å². The van der Waals surface area contributed by atoms with E-state index < -0.39 is 0 Å². The van der Waals surface area contributed by atoms with E-state index in [0.717, 1.165) is 16.5 Å². The highest BCUT2D eigenvalue weighted by atomic mass is 16.5. The summed E-state index contributed by atoms with van der Waals surface area (Å²) in [4.78, 5) is 12.5. The predicted octanol–water partition coefficient (Wildman–Crippen LogP) is 3.32. The lowest BCUT2D eigenvalue weighted by Gasteiger charge is -2.05. The fraction of sp³-hybridized carbons (Fsp3) is 0.167. The van der Waals surface area contributed by atoms with Gasteiger partial charge in [-0.05, 0) is 29.8 Å². The summed E-state index contributed by atoms with van der Waals surface area (Å²) in [6, 6.07) is 12.7. The number of phenols is 1. The van der Waals surface area contributed by atoms with E-state index in [9.17, 15) is 9.90 Å². The van der Waals surface area contributed by atoms with Gasteiger partial charge in [0.15, 0.2) is 17.3 Å². The highest BCUT2D eigenvalue weighted by Crippen LogP contribution is 2.27. The zero-order valence-electron chi connectivity index (χ0n) is 12.5. The maximum Gasteiger partial charge on any atom is 0.167 e. The van der Waals surface area contributed by atoms with Crippen LogP contribution in [-0.2, 0) is 13.5 Å². The third kappa shape index (κ3) is 2.44. The lowest BCUT2D eigenvalue weighted by molar-refractivity contribution is 0.0993. The molecule has 0 saturated heterocycles. The number of ketones is 1. The van der Waals surface area contributed by atoms with Gasteiger partial charge in [-0.1, -0.05) is 18.2 Å². The van der Waals surface area contributed by atoms with Crippen molar-refractivity contribution in [3.63, 3.8) is 0 Å². The van der Waals surface area contributed by atoms with Crippen LogP contribution in [0, 0.1) is 0 Å². The lowest BCUT2D eigenvalue weighted by Crippen LogP contribution is -2.03. The van der Waals surface area contributed by atoms with Crippen molar-refractivity contribution in [2.75, 3.05) is 7.11 Å². The molecule has 0 aliphatic rings. The SMILES string of the molecule is COc1ccc(C(=O)Cc2cn(C)c3ccccc23)cc1O. The fourth-order valence-corrected chi connectivity index (χ4v) is 2.70. The maximum atomic E-state index is 12.5. The highest BCUT2D eigenvalue weighted by Gasteiger charge is 2.14. The second-order valence-electron chi connectivity index (χ2n) is 5.27. The number of fused-ring (bicyclic) bond motifs is 1. The first-order chi connectivity index (χ1) is 10.6. The molecular weight excluding hydrogens is 278 g/mol. The molecule has 0 amide bonds. The van der Waals surface area contributed by atoms with E-state index in [-0.39, 0.29) is 11.5 Å². The summed E-state index contributed by atoms with van der Waals surface area (Å²) < 4.78 is 7.01. The number of benzene rings is 2. The molecule has 22 heavy (non-hydrogen) atoms. The smallest absolute Gasteiger partial charge is 0.167 e. The van der Waals surface area contributed by atoms with Crippen molar-refractivity contribution in [1.82, 2.24) is 4.57 Å². The molecule has 0 unspecified atom stereocenters. The fourth-order valence-electron chi connectivity index (χ4n) is 2.70. The van der Waals surface area contributed by atoms with Gasteiger partial charge < -0.3 is 14.4 Å². The molecule has 1 aromatic heterocycles. The molecule has 0 bridgehead atoms. The first-order valence-electron chi connectivity index (χ1n) is 7.03. The number of nitrogens with zero attached hydrogens (tertiary/aromatic N) is 1. The molecular formula is C18H17NO3. The Morgan fingerprint density at radius 2 is 2.00 bits per heavy atom. The van der Waals surface area contributed by atoms with Crippen LogP contribution in [0.5, 0.6) is 11.5 Å². The Balaban J connectivity index is 1.92. The Hall–Kier alpha value is -2.75. The summed E-state index contributed by atoms with van der Waals surface area (Å²) in [5.41, 5.74) is 2.56. The van der Waals surface area contributed by atoms with Crippen molar-refractivity contribution in [3.8, 4) is 11.5 Å². The lowest BCUT2D eigenvalue weighted by atomic mass is 10.0. The Kier molecular flexibility index (Phi) is 3.59. The Morgan fingerprint density at radius 1 is 1.23 bits per heavy atom. The van der Waals surface area contributed by atoms with Gasteiger partial charge in [-0.3, -0.25) is 4.79 Å². The standard InChI is InChI=1S/C18H17NO3/c1-19-11-13(14-5-3-4-6-15(14)19)10-16(20)12-7-8-18(22-2)17(21)9-12/h3-9,11,21H,10H2,1-2H3. The number of aryl methyl sites for hydroxylation is 1. The van der Waals surface area contributed by atoms with E-state index in [2.05, 4.69) is 0 Å². The summed E-state index contributed by atoms with van der Waals surface area (Å²) in [5.74, 6) is 0.308. The van der Waals surface area contributed by atoms with Gasteiger partial charge in [0, 0.05) is 36.1 Å². The Bertz CT molecular complexity index is 849. The number of aromatic nitrogens is 1. The Morgan fingerprint density at radius 3 is 2.73 bits per heavy atom. The van der Waals surface area contributed by atoms with Crippen molar-refractivity contribution in [2.45, 2.75) is 6.42 Å². The van der Waals surface area contributed by atoms with Crippen molar-refractivity contribution < 1.29 is 14.6 Å². The van der Waals surface area contributed by atoms with Gasteiger partial charge in [-0.15, -0.1) is 0 Å². The van der Waals surface area contributed by atoms with Gasteiger partial charge in [-0.2, -0.15) is 0 Å². The van der Waals surface area contributed by atoms with Crippen LogP contribution in [0.3, 0.4) is 0 Å². The molecule has 1 N–H and O–H groups in total. The zero-order chi connectivity index (χ0) is 15.7. The number of carbonyl (C=O) groups is 1. The van der Waals surface area contributed by atoms with Crippen molar-refractivity contribution in [1.29, 1.82) is 0 Å². The van der Waals surface area contributed by atoms with Crippen LogP contribution >= 0.6 is 0 Å². The summed E-state index contributed by atoms with van der Waals surface area (Å²) in [6.07, 6.45) is 2.28. The molecule has 4 nitrogen and oxygen atoms in total. The van der Waals surface area contributed by atoms with Crippen molar-refractivity contribution >= 4 is 16.7 Å². The zero-order valence-corrected chi connectivity index (χ0v) is 12.5. The van der Waals surface area contributed by atoms with Gasteiger partial charge in [0.05, 0.1) is 7.11 Å². The summed E-state index contributed by atoms with van der Waals surface area (Å²) in [7, 11) is 3.45. The number of aromatic hydroxyl groups is 1. The molecule has 1 heterocycles. The minimum atomic E-state index is -0.0330. The van der Waals surface area contributed by atoms with Crippen molar-refractivity contribution in [2.24, 2.45) is 7.05 Å². The highest BCUT2D eigenvalue weighted by molar-refractivity contribution is 6.00. The molecule has 4 heteroatoms. The van der Waals surface area contributed by atoms with E-state index >= 15 is 0 Å². The second-order valence-corrected chi connectivity index (χ2v) is 5.27. The molecule has 0 atom stereocenters. The average Bonchev–Trinajstić information content (AvgIpc) is 2.84. The number of carbonyl (C=O) groups excluding carboxylic acids is 1. The van der Waals surface area contributed by atoms with E-state index in [0.29, 0.717) is 17.7 Å². The Labute approximate surface area is 128 Å². The molecule has 3 aromatic rings. The summed E-state index contributed by atoms with van der Waals surface area (Å²) in [6.45, 7) is 0. The predicted molar refractivity (Wildman–Crippen MR) is 85.6 cm³/mol. The van der Waals surface area contributed by atoms with Crippen LogP contribution in [0.1, 0.15) is 15.9 Å². The molecule has 0 fully saturated rings. The minimum absolute atomic E-state index is 0.0220. The molecule has 0 radical (unpaired) electrons. The summed E-state index contributed by atoms with van der Waals surface area (Å²) in [5, 5.41) is 10.9. The number of ether oxygens (including phenoxy) is 1.